The Kier molecular flexibility index (Phi) is 8.57. The maximum absolute atomic E-state index is 12.3. The quantitative estimate of drug-likeness (QED) is 0.272. The topological polar surface area (TPSA) is 17.1 Å². The summed E-state index contributed by atoms with van der Waals surface area (Å²) in [5.41, 5.74) is 0. The molecule has 0 fully saturated rings. The predicted molar refractivity (Wildman–Crippen MR) is 109 cm³/mol. The van der Waals surface area contributed by atoms with Crippen LogP contribution in [0.3, 0.4) is 0 Å². The molecule has 0 saturated carbocycles. The number of benzene rings is 3. The first kappa shape index (κ1) is 20.6. The second-order valence-corrected chi connectivity index (χ2v) is 15.6. The molecule has 6 heteroatoms. The first-order valence-corrected chi connectivity index (χ1v) is 15.5. The number of rotatable bonds is 4. The molecular formula is C19H16Cl3OPRh+. The van der Waals surface area contributed by atoms with Gasteiger partial charge in [0, 0.05) is 0 Å². The number of carbonyl (C=O) groups is 1. The molecule has 25 heavy (non-hydrogen) atoms. The standard InChI is InChI=1S/C19H16OP.3ClH.Rh/c20-16-21(17-10-4-1-5-11-17,18-12-6-2-7-13-18)19-14-8-3-9-15-19;;;;/h1-16H;3*1H;/q+1;;;;+3/p-3. The molecule has 3 aromatic carbocycles. The molecule has 0 bridgehead atoms. The molecule has 3 aromatic rings. The van der Waals surface area contributed by atoms with Crippen molar-refractivity contribution in [2.75, 3.05) is 0 Å². The predicted octanol–water partition coefficient (Wildman–Crippen LogP) is 5.24. The normalized spacial score (nSPS) is 11.1. The zero-order chi connectivity index (χ0) is 18.1. The average Bonchev–Trinajstić information content (AvgIpc) is 2.65. The third-order valence-corrected chi connectivity index (χ3v) is 7.30. The van der Waals surface area contributed by atoms with Gasteiger partial charge in [0.15, 0.2) is 7.26 Å². The van der Waals surface area contributed by atoms with E-state index in [1.165, 1.54) is 0 Å². The van der Waals surface area contributed by atoms with Crippen molar-refractivity contribution in [1.82, 2.24) is 0 Å². The number of halogens is 3. The van der Waals surface area contributed by atoms with Gasteiger partial charge in [-0.1, -0.05) is 54.6 Å². The molecule has 0 aliphatic heterocycles. The van der Waals surface area contributed by atoms with Crippen LogP contribution >= 0.6 is 36.3 Å². The summed E-state index contributed by atoms with van der Waals surface area (Å²) in [4.78, 5) is 12.3. The van der Waals surface area contributed by atoms with E-state index < -0.39 is 20.2 Å². The molecule has 0 saturated heterocycles. The SMILES string of the molecule is O=C[P+](c1ccccc1)(c1ccccc1)c1ccccc1.[Cl][Rh]([Cl])[Cl]. The van der Waals surface area contributed by atoms with Gasteiger partial charge in [0.25, 0.3) is 6.03 Å². The van der Waals surface area contributed by atoms with Gasteiger partial charge in [-0.05, 0) is 36.4 Å². The van der Waals surface area contributed by atoms with Crippen molar-refractivity contribution in [2.45, 2.75) is 0 Å². The van der Waals surface area contributed by atoms with Crippen molar-refractivity contribution in [3.63, 3.8) is 0 Å². The van der Waals surface area contributed by atoms with E-state index in [2.05, 4.69) is 36.4 Å². The van der Waals surface area contributed by atoms with Crippen LogP contribution in [0.4, 0.5) is 0 Å². The second kappa shape index (κ2) is 10.4. The zero-order valence-electron chi connectivity index (χ0n) is 13.1. The molecule has 1 nitrogen and oxygen atoms in total. The van der Waals surface area contributed by atoms with E-state index in [-0.39, 0.29) is 0 Å². The van der Waals surface area contributed by atoms with E-state index in [1.807, 2.05) is 54.6 Å². The fourth-order valence-electron chi connectivity index (χ4n) is 2.62. The van der Waals surface area contributed by atoms with Crippen molar-refractivity contribution in [3.05, 3.63) is 91.0 Å². The molecule has 0 atom stereocenters. The minimum absolute atomic E-state index is 1.09. The molecular weight excluding hydrogens is 484 g/mol. The minimum atomic E-state index is -2.21. The molecule has 0 spiro atoms. The molecule has 0 aromatic heterocycles. The maximum atomic E-state index is 12.3. The van der Waals surface area contributed by atoms with Crippen LogP contribution in [0.25, 0.3) is 0 Å². The van der Waals surface area contributed by atoms with Crippen molar-refractivity contribution in [1.29, 1.82) is 0 Å². The Morgan fingerprint density at radius 2 is 0.840 bits per heavy atom. The molecule has 0 amide bonds. The van der Waals surface area contributed by atoms with Crippen LogP contribution in [-0.4, -0.2) is 6.03 Å². The Bertz CT molecular complexity index is 671. The third-order valence-electron chi connectivity index (χ3n) is 3.65. The average molecular weight is 501 g/mol. The van der Waals surface area contributed by atoms with Crippen molar-refractivity contribution >= 4 is 58.3 Å². The van der Waals surface area contributed by atoms with E-state index in [9.17, 15) is 4.79 Å². The second-order valence-electron chi connectivity index (χ2n) is 4.98. The van der Waals surface area contributed by atoms with Gasteiger partial charge in [0.1, 0.15) is 15.9 Å². The van der Waals surface area contributed by atoms with Crippen molar-refractivity contribution in [2.24, 2.45) is 0 Å². The van der Waals surface area contributed by atoms with E-state index in [0.717, 1.165) is 21.9 Å². The van der Waals surface area contributed by atoms with Gasteiger partial charge in [-0.2, -0.15) is 0 Å². The number of carbonyl (C=O) groups excluding carboxylic acids is 1. The monoisotopic (exact) mass is 499 g/mol. The van der Waals surface area contributed by atoms with E-state index in [1.54, 1.807) is 0 Å². The van der Waals surface area contributed by atoms with Gasteiger partial charge in [-0.25, -0.2) is 0 Å². The van der Waals surface area contributed by atoms with Gasteiger partial charge in [0.05, 0.1) is 0 Å². The Morgan fingerprint density at radius 1 is 0.600 bits per heavy atom. The van der Waals surface area contributed by atoms with Gasteiger partial charge in [-0.3, -0.25) is 4.79 Å². The molecule has 3 rings (SSSR count). The molecule has 0 N–H and O–H groups in total. The Morgan fingerprint density at radius 3 is 1.04 bits per heavy atom. The fourth-order valence-corrected chi connectivity index (χ4v) is 5.81. The molecule has 0 aliphatic rings. The van der Waals surface area contributed by atoms with E-state index in [4.69, 9.17) is 29.1 Å². The summed E-state index contributed by atoms with van der Waals surface area (Å²) in [6, 6.07) is 31.5. The fraction of sp³-hybridized carbons (Fsp3) is 0. The molecule has 0 heterocycles. The van der Waals surface area contributed by atoms with Crippen molar-refractivity contribution in [3.8, 4) is 0 Å². The van der Waals surface area contributed by atoms with Gasteiger partial charge >= 0.3 is 42.1 Å². The third kappa shape index (κ3) is 5.36. The zero-order valence-corrected chi connectivity index (χ0v) is 17.9. The van der Waals surface area contributed by atoms with Crippen LogP contribution in [0.1, 0.15) is 0 Å². The molecule has 0 aliphatic carbocycles. The number of hydrogen-bond donors (Lipinski definition) is 0. The Hall–Kier alpha value is -0.747. The summed E-state index contributed by atoms with van der Waals surface area (Å²) in [5.74, 6) is 0. The molecule has 132 valence electrons. The van der Waals surface area contributed by atoms with Crippen LogP contribution in [-0.2, 0) is 17.8 Å². The Balaban J connectivity index is 0.000000511. The summed E-state index contributed by atoms with van der Waals surface area (Å²) < 4.78 is 0. The summed E-state index contributed by atoms with van der Waals surface area (Å²) >= 11 is -1.66. The number of hydrogen-bond acceptors (Lipinski definition) is 1. The summed E-state index contributed by atoms with van der Waals surface area (Å²) in [7, 11) is 12.6. The summed E-state index contributed by atoms with van der Waals surface area (Å²) in [6.45, 7) is 0. The van der Waals surface area contributed by atoms with Crippen LogP contribution in [0.15, 0.2) is 91.0 Å². The van der Waals surface area contributed by atoms with Crippen molar-refractivity contribution < 1.29 is 17.8 Å². The summed E-state index contributed by atoms with van der Waals surface area (Å²) in [6.07, 6.45) is 0. The molecule has 0 radical (unpaired) electrons. The summed E-state index contributed by atoms with van der Waals surface area (Å²) in [5, 5.41) is 3.28. The van der Waals surface area contributed by atoms with Gasteiger partial charge in [0.2, 0.25) is 0 Å². The van der Waals surface area contributed by atoms with E-state index in [0.29, 0.717) is 0 Å². The van der Waals surface area contributed by atoms with Crippen LogP contribution in [0, 0.1) is 0 Å². The van der Waals surface area contributed by atoms with Gasteiger partial charge < -0.3 is 0 Å². The van der Waals surface area contributed by atoms with E-state index >= 15 is 0 Å². The van der Waals surface area contributed by atoms with Crippen LogP contribution in [0.2, 0.25) is 0 Å². The Labute approximate surface area is 166 Å². The van der Waals surface area contributed by atoms with Crippen LogP contribution in [0.5, 0.6) is 0 Å². The first-order valence-electron chi connectivity index (χ1n) is 7.27. The van der Waals surface area contributed by atoms with Gasteiger partial charge in [-0.15, -0.1) is 0 Å². The molecule has 0 unspecified atom stereocenters. The van der Waals surface area contributed by atoms with Crippen LogP contribution < -0.4 is 15.9 Å². The first-order chi connectivity index (χ1) is 12.1.